The molecular formula is C5H8OS. The molecule has 0 atom stereocenters. The Labute approximate surface area is 47.9 Å². The molecule has 1 nitrogen and oxygen atoms in total. The third-order valence-electron chi connectivity index (χ3n) is 0.818. The Morgan fingerprint density at radius 2 is 2.57 bits per heavy atom. The quantitative estimate of drug-likeness (QED) is 0.447. The van der Waals surface area contributed by atoms with Crippen molar-refractivity contribution in [3.05, 3.63) is 11.5 Å². The van der Waals surface area contributed by atoms with E-state index in [-0.39, 0.29) is 0 Å². The highest BCUT2D eigenvalue weighted by molar-refractivity contribution is 7.97. The summed E-state index contributed by atoms with van der Waals surface area (Å²) in [6.07, 6.45) is 4.48. The smallest absolute Gasteiger partial charge is 0.0621 e. The van der Waals surface area contributed by atoms with Crippen molar-refractivity contribution >= 4 is 12.0 Å². The van der Waals surface area contributed by atoms with Gasteiger partial charge in [-0.1, -0.05) is 6.08 Å². The van der Waals surface area contributed by atoms with Crippen LogP contribution in [0.2, 0.25) is 0 Å². The van der Waals surface area contributed by atoms with Crippen molar-refractivity contribution < 1.29 is 4.18 Å². The Morgan fingerprint density at radius 3 is 3.57 bits per heavy atom. The Balaban J connectivity index is 2.20. The molecule has 1 rings (SSSR count). The van der Waals surface area contributed by atoms with Crippen molar-refractivity contribution in [2.45, 2.75) is 12.8 Å². The van der Waals surface area contributed by atoms with Gasteiger partial charge < -0.3 is 4.18 Å². The lowest BCUT2D eigenvalue weighted by atomic mass is 10.3. The van der Waals surface area contributed by atoms with E-state index in [4.69, 9.17) is 4.18 Å². The van der Waals surface area contributed by atoms with Gasteiger partial charge >= 0.3 is 0 Å². The molecule has 0 unspecified atom stereocenters. The first-order chi connectivity index (χ1) is 3.50. The van der Waals surface area contributed by atoms with E-state index in [1.165, 1.54) is 24.9 Å². The fourth-order valence-electron chi connectivity index (χ4n) is 0.455. The van der Waals surface area contributed by atoms with E-state index in [2.05, 4.69) is 6.08 Å². The van der Waals surface area contributed by atoms with Crippen LogP contribution in [0.4, 0.5) is 0 Å². The predicted octanol–water partition coefficient (Wildman–Crippen LogP) is 1.96. The zero-order valence-corrected chi connectivity index (χ0v) is 4.91. The van der Waals surface area contributed by atoms with Gasteiger partial charge in [-0.2, -0.15) is 0 Å². The topological polar surface area (TPSA) is 9.23 Å². The molecule has 1 heterocycles. The molecule has 0 aromatic rings. The molecule has 0 amide bonds. The standard InChI is InChI=1S/C5H8OS/c1-2-4-6-7-5-3-1/h3,5H,1-2,4H2. The molecule has 0 bridgehead atoms. The number of hydrogen-bond donors (Lipinski definition) is 0. The van der Waals surface area contributed by atoms with Crippen LogP contribution in [-0.2, 0) is 4.18 Å². The number of allylic oxidation sites excluding steroid dienone is 1. The van der Waals surface area contributed by atoms with Gasteiger partial charge in [-0.25, -0.2) is 0 Å². The molecule has 0 aromatic carbocycles. The summed E-state index contributed by atoms with van der Waals surface area (Å²) in [6.45, 7) is 0.900. The van der Waals surface area contributed by atoms with Crippen LogP contribution in [0.5, 0.6) is 0 Å². The maximum atomic E-state index is 5.02. The first-order valence-corrected chi connectivity index (χ1v) is 3.24. The molecule has 1 aliphatic rings. The van der Waals surface area contributed by atoms with Crippen LogP contribution in [0.15, 0.2) is 11.5 Å². The molecule has 0 aromatic heterocycles. The van der Waals surface area contributed by atoms with Gasteiger partial charge in [0.15, 0.2) is 0 Å². The van der Waals surface area contributed by atoms with Crippen molar-refractivity contribution in [2.75, 3.05) is 6.61 Å². The van der Waals surface area contributed by atoms with E-state index >= 15 is 0 Å². The number of rotatable bonds is 0. The highest BCUT2D eigenvalue weighted by atomic mass is 32.2. The molecule has 0 N–H and O–H groups in total. The first-order valence-electron chi connectivity index (χ1n) is 2.43. The third kappa shape index (κ3) is 2.00. The van der Waals surface area contributed by atoms with Crippen LogP contribution < -0.4 is 0 Å². The van der Waals surface area contributed by atoms with Crippen molar-refractivity contribution in [1.82, 2.24) is 0 Å². The Kier molecular flexibility index (Phi) is 2.30. The van der Waals surface area contributed by atoms with Gasteiger partial charge in [0.05, 0.1) is 6.61 Å². The van der Waals surface area contributed by atoms with Gasteiger partial charge in [0.25, 0.3) is 0 Å². The van der Waals surface area contributed by atoms with E-state index in [1.54, 1.807) is 0 Å². The lowest BCUT2D eigenvalue weighted by molar-refractivity contribution is 0.372. The molecule has 40 valence electrons. The molecule has 0 aliphatic carbocycles. The zero-order valence-electron chi connectivity index (χ0n) is 4.09. The largest absolute Gasteiger partial charge is 0.311 e. The minimum Gasteiger partial charge on any atom is -0.311 e. The van der Waals surface area contributed by atoms with Crippen molar-refractivity contribution in [2.24, 2.45) is 0 Å². The maximum absolute atomic E-state index is 5.02. The summed E-state index contributed by atoms with van der Waals surface area (Å²) < 4.78 is 5.02. The molecular weight excluding hydrogens is 108 g/mol. The summed E-state index contributed by atoms with van der Waals surface area (Å²) in [5.41, 5.74) is 0. The van der Waals surface area contributed by atoms with Gasteiger partial charge in [0, 0.05) is 12.0 Å². The molecule has 0 spiro atoms. The van der Waals surface area contributed by atoms with Crippen molar-refractivity contribution in [3.8, 4) is 0 Å². The van der Waals surface area contributed by atoms with Gasteiger partial charge in [-0.05, 0) is 18.2 Å². The summed E-state index contributed by atoms with van der Waals surface area (Å²) in [5, 5.41) is 1.99. The van der Waals surface area contributed by atoms with Crippen LogP contribution in [0.25, 0.3) is 0 Å². The number of hydrogen-bond acceptors (Lipinski definition) is 2. The zero-order chi connectivity index (χ0) is 4.95. The molecule has 7 heavy (non-hydrogen) atoms. The van der Waals surface area contributed by atoms with E-state index < -0.39 is 0 Å². The molecule has 1 aliphatic heterocycles. The lowest BCUT2D eigenvalue weighted by Crippen LogP contribution is -1.79. The van der Waals surface area contributed by atoms with E-state index in [0.29, 0.717) is 0 Å². The SMILES string of the molecule is C1=CSOCCC1. The van der Waals surface area contributed by atoms with Crippen LogP contribution in [0, 0.1) is 0 Å². The van der Waals surface area contributed by atoms with Crippen LogP contribution in [-0.4, -0.2) is 6.61 Å². The average molecular weight is 116 g/mol. The first kappa shape index (κ1) is 5.19. The molecule has 0 saturated carbocycles. The maximum Gasteiger partial charge on any atom is 0.0621 e. The van der Waals surface area contributed by atoms with Crippen LogP contribution in [0.1, 0.15) is 12.8 Å². The van der Waals surface area contributed by atoms with Gasteiger partial charge in [0.1, 0.15) is 0 Å². The van der Waals surface area contributed by atoms with Gasteiger partial charge in [-0.3, -0.25) is 0 Å². The summed E-state index contributed by atoms with van der Waals surface area (Å²) >= 11 is 1.44. The fraction of sp³-hybridized carbons (Fsp3) is 0.600. The lowest BCUT2D eigenvalue weighted by Gasteiger charge is -1.89. The van der Waals surface area contributed by atoms with Crippen LogP contribution >= 0.6 is 12.0 Å². The molecule has 0 saturated heterocycles. The Bertz CT molecular complexity index is 62.5. The summed E-state index contributed by atoms with van der Waals surface area (Å²) in [5.74, 6) is 0. The second kappa shape index (κ2) is 3.10. The van der Waals surface area contributed by atoms with E-state index in [9.17, 15) is 0 Å². The average Bonchev–Trinajstić information content (AvgIpc) is 1.90. The highest BCUT2D eigenvalue weighted by Crippen LogP contribution is 2.10. The summed E-state index contributed by atoms with van der Waals surface area (Å²) in [4.78, 5) is 0. The molecule has 2 heteroatoms. The van der Waals surface area contributed by atoms with Crippen LogP contribution in [0.3, 0.4) is 0 Å². The highest BCUT2D eigenvalue weighted by Gasteiger charge is 1.89. The summed E-state index contributed by atoms with van der Waals surface area (Å²) in [6, 6.07) is 0. The second-order valence-corrected chi connectivity index (χ2v) is 2.13. The molecule has 0 radical (unpaired) electrons. The van der Waals surface area contributed by atoms with Gasteiger partial charge in [0.2, 0.25) is 0 Å². The normalized spacial score (nSPS) is 21.7. The minimum atomic E-state index is 0.900. The summed E-state index contributed by atoms with van der Waals surface area (Å²) in [7, 11) is 0. The third-order valence-corrected chi connectivity index (χ3v) is 1.42. The van der Waals surface area contributed by atoms with Crippen molar-refractivity contribution in [3.63, 3.8) is 0 Å². The van der Waals surface area contributed by atoms with Gasteiger partial charge in [-0.15, -0.1) is 0 Å². The molecule has 0 fully saturated rings. The second-order valence-electron chi connectivity index (χ2n) is 1.43. The minimum absolute atomic E-state index is 0.900. The van der Waals surface area contributed by atoms with E-state index in [1.807, 2.05) is 5.41 Å². The monoisotopic (exact) mass is 116 g/mol. The van der Waals surface area contributed by atoms with Crippen molar-refractivity contribution in [1.29, 1.82) is 0 Å². The Hall–Kier alpha value is 0.0500. The predicted molar refractivity (Wildman–Crippen MR) is 31.9 cm³/mol. The fourth-order valence-corrected chi connectivity index (χ4v) is 0.962. The van der Waals surface area contributed by atoms with E-state index in [0.717, 1.165) is 6.61 Å². The Morgan fingerprint density at radius 1 is 1.57 bits per heavy atom.